The Morgan fingerprint density at radius 2 is 1.68 bits per heavy atom. The van der Waals surface area contributed by atoms with E-state index >= 15 is 0 Å². The summed E-state index contributed by atoms with van der Waals surface area (Å²) in [5.41, 5.74) is -0.165. The number of phenolic OH excluding ortho intramolecular Hbond substituents is 3. The fourth-order valence-corrected chi connectivity index (χ4v) is 2.57. The molecule has 0 saturated heterocycles. The van der Waals surface area contributed by atoms with Gasteiger partial charge in [0.05, 0.1) is 5.60 Å². The number of hydrogen-bond acceptors (Lipinski definition) is 5. The highest BCUT2D eigenvalue weighted by Gasteiger charge is 2.28. The maximum absolute atomic E-state index is 10.3. The molecular formula is C14H21NO4. The monoisotopic (exact) mass is 267 g/mol. The molecule has 1 aromatic rings. The Morgan fingerprint density at radius 1 is 1.00 bits per heavy atom. The first-order valence-electron chi connectivity index (χ1n) is 6.68. The zero-order chi connectivity index (χ0) is 13.9. The van der Waals surface area contributed by atoms with E-state index in [0.29, 0.717) is 18.7 Å². The Balaban J connectivity index is 1.90. The van der Waals surface area contributed by atoms with Gasteiger partial charge in [0, 0.05) is 18.7 Å². The minimum absolute atomic E-state index is 0.317. The molecule has 0 unspecified atom stereocenters. The van der Waals surface area contributed by atoms with E-state index in [1.54, 1.807) is 6.07 Å². The van der Waals surface area contributed by atoms with Gasteiger partial charge in [-0.05, 0) is 18.9 Å². The number of nitrogens with one attached hydrogen (secondary N) is 1. The molecule has 19 heavy (non-hydrogen) atoms. The molecule has 2 rings (SSSR count). The van der Waals surface area contributed by atoms with E-state index in [2.05, 4.69) is 5.32 Å². The van der Waals surface area contributed by atoms with Gasteiger partial charge in [-0.15, -0.1) is 0 Å². The van der Waals surface area contributed by atoms with Crippen molar-refractivity contribution in [3.8, 4) is 17.2 Å². The third-order valence-corrected chi connectivity index (χ3v) is 3.77. The largest absolute Gasteiger partial charge is 0.504 e. The van der Waals surface area contributed by atoms with Crippen molar-refractivity contribution in [1.29, 1.82) is 0 Å². The third-order valence-electron chi connectivity index (χ3n) is 3.77. The van der Waals surface area contributed by atoms with Gasteiger partial charge < -0.3 is 25.7 Å². The predicted octanol–water partition coefficient (Wildman–Crippen LogP) is 1.59. The van der Waals surface area contributed by atoms with Crippen molar-refractivity contribution in [1.82, 2.24) is 5.32 Å². The van der Waals surface area contributed by atoms with Crippen molar-refractivity contribution in [3.05, 3.63) is 17.7 Å². The predicted molar refractivity (Wildman–Crippen MR) is 71.2 cm³/mol. The van der Waals surface area contributed by atoms with E-state index < -0.39 is 11.4 Å². The fourth-order valence-electron chi connectivity index (χ4n) is 2.57. The van der Waals surface area contributed by atoms with Gasteiger partial charge in [-0.25, -0.2) is 0 Å². The molecule has 0 radical (unpaired) electrons. The van der Waals surface area contributed by atoms with E-state index in [1.807, 2.05) is 0 Å². The van der Waals surface area contributed by atoms with Crippen LogP contribution in [0.2, 0.25) is 0 Å². The summed E-state index contributed by atoms with van der Waals surface area (Å²) >= 11 is 0. The Kier molecular flexibility index (Phi) is 4.17. The summed E-state index contributed by atoms with van der Waals surface area (Å²) in [6, 6.07) is 2.88. The zero-order valence-corrected chi connectivity index (χ0v) is 10.9. The van der Waals surface area contributed by atoms with Gasteiger partial charge in [-0.1, -0.05) is 25.3 Å². The maximum Gasteiger partial charge on any atom is 0.200 e. The standard InChI is InChI=1S/C14H21NO4/c16-11-5-4-10(12(17)13(11)18)8-15-9-14(19)6-2-1-3-7-14/h4-5,15-19H,1-3,6-9H2. The second-order valence-corrected chi connectivity index (χ2v) is 5.33. The van der Waals surface area contributed by atoms with Crippen LogP contribution in [-0.2, 0) is 6.54 Å². The molecule has 0 heterocycles. The molecule has 5 heteroatoms. The van der Waals surface area contributed by atoms with Crippen molar-refractivity contribution in [2.45, 2.75) is 44.2 Å². The summed E-state index contributed by atoms with van der Waals surface area (Å²) in [5, 5.41) is 41.7. The minimum Gasteiger partial charge on any atom is -0.504 e. The topological polar surface area (TPSA) is 93.0 Å². The van der Waals surface area contributed by atoms with Crippen LogP contribution in [0.4, 0.5) is 0 Å². The maximum atomic E-state index is 10.3. The van der Waals surface area contributed by atoms with Gasteiger partial charge in [0.1, 0.15) is 0 Å². The molecule has 1 aliphatic rings. The molecule has 0 aliphatic heterocycles. The van der Waals surface area contributed by atoms with Gasteiger partial charge in [-0.2, -0.15) is 0 Å². The van der Waals surface area contributed by atoms with Crippen LogP contribution in [0.15, 0.2) is 12.1 Å². The first kappa shape index (κ1) is 14.0. The van der Waals surface area contributed by atoms with Crippen LogP contribution in [0.5, 0.6) is 17.2 Å². The molecular weight excluding hydrogens is 246 g/mol. The van der Waals surface area contributed by atoms with Crippen LogP contribution in [0, 0.1) is 0 Å². The Bertz CT molecular complexity index is 441. The van der Waals surface area contributed by atoms with E-state index in [9.17, 15) is 20.4 Å². The third kappa shape index (κ3) is 3.30. The zero-order valence-electron chi connectivity index (χ0n) is 10.9. The number of benzene rings is 1. The lowest BCUT2D eigenvalue weighted by Crippen LogP contribution is -2.41. The van der Waals surface area contributed by atoms with Gasteiger partial charge in [0.15, 0.2) is 11.5 Å². The fraction of sp³-hybridized carbons (Fsp3) is 0.571. The second-order valence-electron chi connectivity index (χ2n) is 5.33. The molecule has 1 saturated carbocycles. The van der Waals surface area contributed by atoms with E-state index in [0.717, 1.165) is 25.7 Å². The molecule has 0 amide bonds. The van der Waals surface area contributed by atoms with Crippen molar-refractivity contribution in [2.24, 2.45) is 0 Å². The molecule has 0 atom stereocenters. The van der Waals surface area contributed by atoms with E-state index in [-0.39, 0.29) is 11.5 Å². The average molecular weight is 267 g/mol. The number of aromatic hydroxyl groups is 3. The lowest BCUT2D eigenvalue weighted by molar-refractivity contribution is 0.00463. The van der Waals surface area contributed by atoms with Crippen LogP contribution in [0.3, 0.4) is 0 Å². The molecule has 0 bridgehead atoms. The molecule has 1 aromatic carbocycles. The summed E-state index contributed by atoms with van der Waals surface area (Å²) in [6.07, 6.45) is 4.86. The van der Waals surface area contributed by atoms with Crippen LogP contribution in [-0.4, -0.2) is 32.6 Å². The average Bonchev–Trinajstić information content (AvgIpc) is 2.40. The Labute approximate surface area is 112 Å². The lowest BCUT2D eigenvalue weighted by Gasteiger charge is -2.32. The van der Waals surface area contributed by atoms with Crippen LogP contribution >= 0.6 is 0 Å². The highest BCUT2D eigenvalue weighted by Crippen LogP contribution is 2.37. The number of rotatable bonds is 4. The highest BCUT2D eigenvalue weighted by atomic mass is 16.3. The molecule has 5 nitrogen and oxygen atoms in total. The molecule has 1 aliphatic carbocycles. The van der Waals surface area contributed by atoms with Gasteiger partial charge in [0.25, 0.3) is 0 Å². The van der Waals surface area contributed by atoms with Crippen LogP contribution in [0.25, 0.3) is 0 Å². The smallest absolute Gasteiger partial charge is 0.200 e. The van der Waals surface area contributed by atoms with Gasteiger partial charge >= 0.3 is 0 Å². The molecule has 1 fully saturated rings. The first-order chi connectivity index (χ1) is 9.02. The Hall–Kier alpha value is -1.46. The van der Waals surface area contributed by atoms with Crippen LogP contribution in [0.1, 0.15) is 37.7 Å². The highest BCUT2D eigenvalue weighted by molar-refractivity contribution is 5.52. The summed E-state index contributed by atoms with van der Waals surface area (Å²) < 4.78 is 0. The van der Waals surface area contributed by atoms with Crippen LogP contribution < -0.4 is 5.32 Å². The van der Waals surface area contributed by atoms with Crippen molar-refractivity contribution in [3.63, 3.8) is 0 Å². The van der Waals surface area contributed by atoms with Crippen molar-refractivity contribution in [2.75, 3.05) is 6.54 Å². The summed E-state index contributed by atoms with van der Waals surface area (Å²) in [6.45, 7) is 0.802. The Morgan fingerprint density at radius 3 is 2.37 bits per heavy atom. The van der Waals surface area contributed by atoms with E-state index in [4.69, 9.17) is 0 Å². The molecule has 5 N–H and O–H groups in total. The number of hydrogen-bond donors (Lipinski definition) is 5. The normalized spacial score (nSPS) is 18.4. The molecule has 0 aromatic heterocycles. The van der Waals surface area contributed by atoms with E-state index in [1.165, 1.54) is 12.5 Å². The van der Waals surface area contributed by atoms with Gasteiger partial charge in [0.2, 0.25) is 5.75 Å². The molecule has 106 valence electrons. The summed E-state index contributed by atoms with van der Waals surface area (Å²) in [5.74, 6) is -1.16. The summed E-state index contributed by atoms with van der Waals surface area (Å²) in [4.78, 5) is 0. The second kappa shape index (κ2) is 5.67. The molecule has 0 spiro atoms. The lowest BCUT2D eigenvalue weighted by atomic mass is 9.85. The SMILES string of the molecule is Oc1ccc(CNCC2(O)CCCCC2)c(O)c1O. The minimum atomic E-state index is -0.660. The first-order valence-corrected chi connectivity index (χ1v) is 6.68. The number of aliphatic hydroxyl groups is 1. The summed E-state index contributed by atoms with van der Waals surface area (Å²) in [7, 11) is 0. The van der Waals surface area contributed by atoms with Crippen molar-refractivity contribution >= 4 is 0 Å². The number of phenols is 3. The van der Waals surface area contributed by atoms with Gasteiger partial charge in [-0.3, -0.25) is 0 Å². The quantitative estimate of drug-likeness (QED) is 0.534. The van der Waals surface area contributed by atoms with Crippen molar-refractivity contribution < 1.29 is 20.4 Å².